The van der Waals surface area contributed by atoms with Crippen molar-refractivity contribution in [1.29, 1.82) is 0 Å². The number of fused-ring (bicyclic) bond motifs is 18. The molecule has 0 bridgehead atoms. The van der Waals surface area contributed by atoms with Crippen LogP contribution in [0.2, 0.25) is 0 Å². The van der Waals surface area contributed by atoms with Gasteiger partial charge in [0.15, 0.2) is 0 Å². The Bertz CT molecular complexity index is 4540. The molecule has 14 aromatic rings. The van der Waals surface area contributed by atoms with Crippen molar-refractivity contribution >= 4 is 54.4 Å². The van der Waals surface area contributed by atoms with Gasteiger partial charge < -0.3 is 4.57 Å². The first kappa shape index (κ1) is 40.1. The second-order valence-corrected chi connectivity index (χ2v) is 19.6. The zero-order valence-corrected chi connectivity index (χ0v) is 39.5. The second-order valence-electron chi connectivity index (χ2n) is 19.6. The first-order valence-corrected chi connectivity index (χ1v) is 25.2. The number of benzene rings is 11. The lowest BCUT2D eigenvalue weighted by Gasteiger charge is -2.30. The molecule has 4 nitrogen and oxygen atoms in total. The van der Waals surface area contributed by atoms with Gasteiger partial charge in [0.1, 0.15) is 0 Å². The fraction of sp³-hybridized carbons (Fsp3) is 0.0145. The van der Waals surface area contributed by atoms with E-state index in [0.717, 1.165) is 72.0 Å². The van der Waals surface area contributed by atoms with Crippen LogP contribution in [0.3, 0.4) is 0 Å². The Hall–Kier alpha value is -9.64. The summed E-state index contributed by atoms with van der Waals surface area (Å²) in [4.78, 5) is 11.3. The Morgan fingerprint density at radius 1 is 0.329 bits per heavy atom. The van der Waals surface area contributed by atoms with Crippen LogP contribution in [0.4, 0.5) is 0 Å². The molecule has 0 amide bonds. The van der Waals surface area contributed by atoms with E-state index in [0.29, 0.717) is 5.95 Å². The van der Waals surface area contributed by atoms with Crippen molar-refractivity contribution in [2.24, 2.45) is 0 Å². The molecule has 73 heavy (non-hydrogen) atoms. The summed E-state index contributed by atoms with van der Waals surface area (Å²) in [7, 11) is 0. The maximum atomic E-state index is 5.72. The number of hydrogen-bond acceptors (Lipinski definition) is 2. The standard InChI is InChI=1S/C69H42N4/c1-4-19-44(20-5-1)63-42-48-33-37-60-65(67(48)72(63)49-23-8-3-9-24-49)66(45-21-6-2-7-22-45)71-68(70-60)73-61-38-35-46(40-55(61)64-50-25-11-10-18-43(50)34-39-62(64)73)47-32-36-54-53-28-14-17-31-58(53)69(59(54)41-47)56-29-15-12-26-51(56)52-27-13-16-30-57(52)69/h1-42H. The van der Waals surface area contributed by atoms with Gasteiger partial charge >= 0.3 is 0 Å². The fourth-order valence-corrected chi connectivity index (χ4v) is 12.9. The Balaban J connectivity index is 0.950. The van der Waals surface area contributed by atoms with Crippen molar-refractivity contribution < 1.29 is 0 Å². The van der Waals surface area contributed by atoms with E-state index in [1.54, 1.807) is 0 Å². The van der Waals surface area contributed by atoms with Crippen LogP contribution in [0.25, 0.3) is 122 Å². The van der Waals surface area contributed by atoms with Gasteiger partial charge in [-0.15, -0.1) is 0 Å². The molecule has 11 aromatic carbocycles. The molecule has 2 aliphatic rings. The molecule has 3 aromatic heterocycles. The zero-order valence-electron chi connectivity index (χ0n) is 39.5. The molecular weight excluding hydrogens is 885 g/mol. The third kappa shape index (κ3) is 5.55. The van der Waals surface area contributed by atoms with E-state index in [2.05, 4.69) is 264 Å². The Labute approximate surface area is 421 Å². The minimum Gasteiger partial charge on any atom is -0.309 e. The predicted molar refractivity (Wildman–Crippen MR) is 301 cm³/mol. The van der Waals surface area contributed by atoms with Gasteiger partial charge in [-0.2, -0.15) is 0 Å². The Kier molecular flexibility index (Phi) is 8.35. The normalized spacial score (nSPS) is 13.0. The molecule has 0 N–H and O–H groups in total. The van der Waals surface area contributed by atoms with Gasteiger partial charge in [0.2, 0.25) is 5.95 Å². The molecule has 338 valence electrons. The summed E-state index contributed by atoms with van der Waals surface area (Å²) in [5, 5.41) is 6.87. The lowest BCUT2D eigenvalue weighted by atomic mass is 9.70. The van der Waals surface area contributed by atoms with Crippen molar-refractivity contribution in [1.82, 2.24) is 19.1 Å². The fourth-order valence-electron chi connectivity index (χ4n) is 12.9. The predicted octanol–water partition coefficient (Wildman–Crippen LogP) is 17.2. The summed E-state index contributed by atoms with van der Waals surface area (Å²) in [5.41, 5.74) is 21.8. The number of nitrogens with zero attached hydrogens (tertiary/aromatic N) is 4. The highest BCUT2D eigenvalue weighted by Crippen LogP contribution is 2.63. The second kappa shape index (κ2) is 15.2. The van der Waals surface area contributed by atoms with Gasteiger partial charge in [0.05, 0.1) is 44.3 Å². The van der Waals surface area contributed by atoms with E-state index in [1.807, 2.05) is 0 Å². The highest BCUT2D eigenvalue weighted by atomic mass is 15.2. The van der Waals surface area contributed by atoms with E-state index < -0.39 is 5.41 Å². The third-order valence-corrected chi connectivity index (χ3v) is 15.9. The quantitative estimate of drug-likeness (QED) is 0.172. The van der Waals surface area contributed by atoms with Crippen LogP contribution in [0.1, 0.15) is 22.3 Å². The summed E-state index contributed by atoms with van der Waals surface area (Å²) in [6.45, 7) is 0. The Morgan fingerprint density at radius 2 is 0.890 bits per heavy atom. The molecule has 0 unspecified atom stereocenters. The minimum atomic E-state index is -0.424. The lowest BCUT2D eigenvalue weighted by molar-refractivity contribution is 0.794. The topological polar surface area (TPSA) is 35.6 Å². The van der Waals surface area contributed by atoms with Gasteiger partial charge in [-0.25, -0.2) is 9.97 Å². The molecule has 0 aliphatic heterocycles. The monoisotopic (exact) mass is 926 g/mol. The molecule has 0 atom stereocenters. The molecular formula is C69H42N4. The summed E-state index contributed by atoms with van der Waals surface area (Å²) in [6, 6.07) is 93.2. The van der Waals surface area contributed by atoms with Crippen molar-refractivity contribution in [3.8, 4) is 67.5 Å². The van der Waals surface area contributed by atoms with Crippen molar-refractivity contribution in [2.75, 3.05) is 0 Å². The average Bonchev–Trinajstić information content (AvgIpc) is 4.26. The molecule has 0 fully saturated rings. The highest BCUT2D eigenvalue weighted by molar-refractivity contribution is 6.22. The van der Waals surface area contributed by atoms with Crippen LogP contribution in [0.5, 0.6) is 0 Å². The molecule has 3 heterocycles. The smallest absolute Gasteiger partial charge is 0.235 e. The van der Waals surface area contributed by atoms with Crippen LogP contribution in [0, 0.1) is 0 Å². The lowest BCUT2D eigenvalue weighted by Crippen LogP contribution is -2.25. The number of para-hydroxylation sites is 1. The number of aromatic nitrogens is 4. The maximum Gasteiger partial charge on any atom is 0.235 e. The van der Waals surface area contributed by atoms with E-state index in [-0.39, 0.29) is 0 Å². The zero-order chi connectivity index (χ0) is 47.8. The largest absolute Gasteiger partial charge is 0.309 e. The van der Waals surface area contributed by atoms with Gasteiger partial charge in [-0.05, 0) is 121 Å². The molecule has 2 aliphatic carbocycles. The van der Waals surface area contributed by atoms with Gasteiger partial charge in [-0.3, -0.25) is 4.57 Å². The van der Waals surface area contributed by atoms with Gasteiger partial charge in [-0.1, -0.05) is 206 Å². The summed E-state index contributed by atoms with van der Waals surface area (Å²) in [6.07, 6.45) is 0. The van der Waals surface area contributed by atoms with Gasteiger partial charge in [0.25, 0.3) is 0 Å². The molecule has 1 spiro atoms. The van der Waals surface area contributed by atoms with E-state index in [9.17, 15) is 0 Å². The van der Waals surface area contributed by atoms with E-state index in [4.69, 9.17) is 9.97 Å². The minimum absolute atomic E-state index is 0.424. The third-order valence-electron chi connectivity index (χ3n) is 15.9. The summed E-state index contributed by atoms with van der Waals surface area (Å²) >= 11 is 0. The van der Waals surface area contributed by atoms with Crippen LogP contribution >= 0.6 is 0 Å². The SMILES string of the molecule is c1ccc(-c2nc(-n3c4ccc(-c5ccc6c(c5)C5(c7ccccc7-c7ccccc75)c5ccccc5-6)cc4c4c5ccccc5ccc43)nc3ccc4cc(-c5ccccc5)n(-c5ccccc5)c4c23)cc1. The van der Waals surface area contributed by atoms with Crippen molar-refractivity contribution in [3.63, 3.8) is 0 Å². The van der Waals surface area contributed by atoms with Crippen molar-refractivity contribution in [2.45, 2.75) is 5.41 Å². The first-order valence-electron chi connectivity index (χ1n) is 25.2. The van der Waals surface area contributed by atoms with Gasteiger partial charge in [0, 0.05) is 27.4 Å². The summed E-state index contributed by atoms with van der Waals surface area (Å²) in [5.74, 6) is 0.630. The Morgan fingerprint density at radius 3 is 1.60 bits per heavy atom. The molecule has 0 saturated heterocycles. The van der Waals surface area contributed by atoms with Crippen LogP contribution < -0.4 is 0 Å². The van der Waals surface area contributed by atoms with Crippen LogP contribution in [0.15, 0.2) is 255 Å². The highest BCUT2D eigenvalue weighted by Gasteiger charge is 2.51. The molecule has 0 saturated carbocycles. The van der Waals surface area contributed by atoms with Crippen LogP contribution in [-0.2, 0) is 5.41 Å². The molecule has 0 radical (unpaired) electrons. The van der Waals surface area contributed by atoms with Crippen LogP contribution in [-0.4, -0.2) is 19.1 Å². The first-order chi connectivity index (χ1) is 36.2. The van der Waals surface area contributed by atoms with E-state index in [1.165, 1.54) is 66.2 Å². The summed E-state index contributed by atoms with van der Waals surface area (Å²) < 4.78 is 4.68. The molecule has 16 rings (SSSR count). The molecule has 4 heteroatoms. The number of rotatable bonds is 5. The van der Waals surface area contributed by atoms with Crippen molar-refractivity contribution in [3.05, 3.63) is 277 Å². The number of hydrogen-bond donors (Lipinski definition) is 0. The van der Waals surface area contributed by atoms with E-state index >= 15 is 0 Å². The maximum absolute atomic E-state index is 5.72. The average molecular weight is 927 g/mol.